The van der Waals surface area contributed by atoms with Crippen LogP contribution in [0.1, 0.15) is 42.6 Å². The van der Waals surface area contributed by atoms with Gasteiger partial charge in [0, 0.05) is 18.7 Å². The smallest absolute Gasteiger partial charge is 0.322 e. The first-order valence-corrected chi connectivity index (χ1v) is 8.42. The highest BCUT2D eigenvalue weighted by molar-refractivity contribution is 6.07. The highest BCUT2D eigenvalue weighted by atomic mass is 16.4. The molecule has 0 spiro atoms. The van der Waals surface area contributed by atoms with E-state index < -0.39 is 28.9 Å². The number of carboxylic acids is 1. The number of rotatable bonds is 3. The van der Waals surface area contributed by atoms with Crippen LogP contribution in [-0.2, 0) is 15.1 Å². The van der Waals surface area contributed by atoms with Crippen LogP contribution in [0.3, 0.4) is 0 Å². The Morgan fingerprint density at radius 3 is 2.35 bits per heavy atom. The van der Waals surface area contributed by atoms with E-state index in [9.17, 15) is 24.3 Å². The van der Waals surface area contributed by atoms with Crippen molar-refractivity contribution in [1.29, 1.82) is 0 Å². The number of carboxylic acid groups (broad SMARTS) is 1. The molecule has 3 rings (SSSR count). The van der Waals surface area contributed by atoms with E-state index in [2.05, 4.69) is 10.6 Å². The molecular formula is C18H21N3O5. The Kier molecular flexibility index (Phi) is 4.21. The summed E-state index contributed by atoms with van der Waals surface area (Å²) in [5, 5.41) is 14.2. The number of urea groups is 1. The number of benzene rings is 1. The van der Waals surface area contributed by atoms with Gasteiger partial charge in [0.05, 0.1) is 5.41 Å². The molecule has 26 heavy (non-hydrogen) atoms. The van der Waals surface area contributed by atoms with Crippen molar-refractivity contribution in [3.05, 3.63) is 35.4 Å². The largest absolute Gasteiger partial charge is 0.481 e. The van der Waals surface area contributed by atoms with E-state index in [1.807, 2.05) is 0 Å². The number of hydrogen-bond donors (Lipinski definition) is 3. The van der Waals surface area contributed by atoms with Gasteiger partial charge in [-0.05, 0) is 44.4 Å². The molecule has 4 amide bonds. The fraction of sp³-hybridized carbons (Fsp3) is 0.444. The Labute approximate surface area is 150 Å². The summed E-state index contributed by atoms with van der Waals surface area (Å²) in [5.41, 5.74) is -1.14. The number of carbonyl (C=O) groups excluding carboxylic acids is 3. The number of likely N-dealkylation sites (tertiary alicyclic amines) is 1. The van der Waals surface area contributed by atoms with Crippen LogP contribution in [0.15, 0.2) is 24.3 Å². The number of nitrogens with one attached hydrogen (secondary N) is 2. The zero-order chi connectivity index (χ0) is 19.1. The lowest BCUT2D eigenvalue weighted by Gasteiger charge is -2.37. The first-order valence-electron chi connectivity index (χ1n) is 8.42. The summed E-state index contributed by atoms with van der Waals surface area (Å²) in [6.07, 6.45) is 1.18. The Bertz CT molecular complexity index is 791. The van der Waals surface area contributed by atoms with E-state index in [1.165, 1.54) is 0 Å². The minimum Gasteiger partial charge on any atom is -0.481 e. The van der Waals surface area contributed by atoms with Gasteiger partial charge < -0.3 is 15.3 Å². The molecule has 8 heteroatoms. The third kappa shape index (κ3) is 2.91. The summed E-state index contributed by atoms with van der Waals surface area (Å²) in [4.78, 5) is 49.1. The second kappa shape index (κ2) is 6.12. The van der Waals surface area contributed by atoms with Gasteiger partial charge in [0.2, 0.25) is 0 Å². The predicted molar refractivity (Wildman–Crippen MR) is 91.3 cm³/mol. The van der Waals surface area contributed by atoms with Crippen LogP contribution in [0, 0.1) is 5.41 Å². The van der Waals surface area contributed by atoms with E-state index in [1.54, 1.807) is 43.0 Å². The van der Waals surface area contributed by atoms with Gasteiger partial charge in [0.15, 0.2) is 0 Å². The van der Waals surface area contributed by atoms with Crippen molar-refractivity contribution in [3.8, 4) is 0 Å². The molecule has 2 heterocycles. The lowest BCUT2D eigenvalue weighted by Crippen LogP contribution is -2.48. The van der Waals surface area contributed by atoms with Crippen LogP contribution >= 0.6 is 0 Å². The summed E-state index contributed by atoms with van der Waals surface area (Å²) in [6.45, 7) is 3.92. The Balaban J connectivity index is 1.78. The summed E-state index contributed by atoms with van der Waals surface area (Å²) in [6, 6.07) is 5.87. The number of aliphatic carboxylic acids is 1. The van der Waals surface area contributed by atoms with Crippen LogP contribution in [-0.4, -0.2) is 46.9 Å². The molecule has 1 aromatic carbocycles. The maximum absolute atomic E-state index is 12.7. The Hall–Kier alpha value is -2.90. The predicted octanol–water partition coefficient (Wildman–Crippen LogP) is 1.07. The van der Waals surface area contributed by atoms with Crippen LogP contribution in [0.5, 0.6) is 0 Å². The number of piperidine rings is 1. The summed E-state index contributed by atoms with van der Waals surface area (Å²) < 4.78 is 0. The fourth-order valence-electron chi connectivity index (χ4n) is 3.46. The average molecular weight is 359 g/mol. The van der Waals surface area contributed by atoms with Crippen LogP contribution in [0.25, 0.3) is 0 Å². The van der Waals surface area contributed by atoms with Crippen molar-refractivity contribution in [1.82, 2.24) is 15.5 Å². The average Bonchev–Trinajstić information content (AvgIpc) is 2.87. The number of hydrogen-bond acceptors (Lipinski definition) is 4. The standard InChI is InChI=1S/C18H21N3O5/c1-17(15(24)25)8-3-9-21(10-17)13(22)11-4-6-12(7-5-11)18(2)14(23)19-16(26)20-18/h4-7H,3,8-10H2,1-2H3,(H,24,25)(H2,19,20,23,26). The van der Waals surface area contributed by atoms with Crippen molar-refractivity contribution >= 4 is 23.8 Å². The maximum Gasteiger partial charge on any atom is 0.322 e. The van der Waals surface area contributed by atoms with E-state index in [4.69, 9.17) is 0 Å². The molecule has 0 radical (unpaired) electrons. The molecule has 2 aliphatic heterocycles. The van der Waals surface area contributed by atoms with E-state index in [0.29, 0.717) is 30.5 Å². The van der Waals surface area contributed by atoms with Gasteiger partial charge in [-0.3, -0.25) is 19.7 Å². The van der Waals surface area contributed by atoms with Crippen LogP contribution < -0.4 is 10.6 Å². The van der Waals surface area contributed by atoms with Crippen molar-refractivity contribution in [2.75, 3.05) is 13.1 Å². The van der Waals surface area contributed by atoms with Gasteiger partial charge in [-0.15, -0.1) is 0 Å². The Morgan fingerprint density at radius 1 is 1.15 bits per heavy atom. The molecular weight excluding hydrogens is 338 g/mol. The third-order valence-electron chi connectivity index (χ3n) is 5.25. The molecule has 0 aromatic heterocycles. The first kappa shape index (κ1) is 17.9. The van der Waals surface area contributed by atoms with Gasteiger partial charge in [-0.1, -0.05) is 12.1 Å². The highest BCUT2D eigenvalue weighted by Gasteiger charge is 2.43. The van der Waals surface area contributed by atoms with Crippen molar-refractivity contribution < 1.29 is 24.3 Å². The second-order valence-corrected chi connectivity index (χ2v) is 7.31. The van der Waals surface area contributed by atoms with Gasteiger partial charge in [-0.25, -0.2) is 4.79 Å². The molecule has 1 aromatic rings. The lowest BCUT2D eigenvalue weighted by atomic mass is 9.82. The molecule has 138 valence electrons. The van der Waals surface area contributed by atoms with E-state index in [0.717, 1.165) is 0 Å². The highest BCUT2D eigenvalue weighted by Crippen LogP contribution is 2.31. The summed E-state index contributed by atoms with van der Waals surface area (Å²) in [5.74, 6) is -1.59. The third-order valence-corrected chi connectivity index (χ3v) is 5.25. The number of nitrogens with zero attached hydrogens (tertiary/aromatic N) is 1. The first-order chi connectivity index (χ1) is 12.2. The second-order valence-electron chi connectivity index (χ2n) is 7.31. The molecule has 0 bridgehead atoms. The van der Waals surface area contributed by atoms with Crippen LogP contribution in [0.2, 0.25) is 0 Å². The van der Waals surface area contributed by atoms with Crippen molar-refractivity contribution in [3.63, 3.8) is 0 Å². The maximum atomic E-state index is 12.7. The van der Waals surface area contributed by atoms with E-state index in [-0.39, 0.29) is 12.5 Å². The van der Waals surface area contributed by atoms with Crippen molar-refractivity contribution in [2.45, 2.75) is 32.2 Å². The quantitative estimate of drug-likeness (QED) is 0.698. The summed E-state index contributed by atoms with van der Waals surface area (Å²) in [7, 11) is 0. The number of imide groups is 1. The van der Waals surface area contributed by atoms with Gasteiger partial charge in [0.1, 0.15) is 5.54 Å². The normalized spacial score (nSPS) is 28.5. The van der Waals surface area contributed by atoms with E-state index >= 15 is 0 Å². The minimum absolute atomic E-state index is 0.166. The van der Waals surface area contributed by atoms with Gasteiger partial charge >= 0.3 is 12.0 Å². The number of amides is 4. The SMILES string of the molecule is CC1(C(=O)O)CCCN(C(=O)c2ccc(C3(C)NC(=O)NC3=O)cc2)C1. The van der Waals surface area contributed by atoms with Crippen molar-refractivity contribution in [2.24, 2.45) is 5.41 Å². The lowest BCUT2D eigenvalue weighted by molar-refractivity contribution is -0.150. The molecule has 2 unspecified atom stereocenters. The molecule has 2 atom stereocenters. The number of carbonyl (C=O) groups is 4. The van der Waals surface area contributed by atoms with Crippen LogP contribution in [0.4, 0.5) is 4.79 Å². The molecule has 2 saturated heterocycles. The zero-order valence-electron chi connectivity index (χ0n) is 14.7. The summed E-state index contributed by atoms with van der Waals surface area (Å²) >= 11 is 0. The molecule has 0 saturated carbocycles. The molecule has 0 aliphatic carbocycles. The zero-order valence-corrected chi connectivity index (χ0v) is 14.7. The monoisotopic (exact) mass is 359 g/mol. The van der Waals surface area contributed by atoms with Gasteiger partial charge in [-0.2, -0.15) is 0 Å². The molecule has 3 N–H and O–H groups in total. The molecule has 2 fully saturated rings. The minimum atomic E-state index is -1.17. The fourth-order valence-corrected chi connectivity index (χ4v) is 3.46. The molecule has 8 nitrogen and oxygen atoms in total. The Morgan fingerprint density at radius 2 is 1.81 bits per heavy atom. The molecule has 2 aliphatic rings. The van der Waals surface area contributed by atoms with Gasteiger partial charge in [0.25, 0.3) is 11.8 Å². The topological polar surface area (TPSA) is 116 Å².